The van der Waals surface area contributed by atoms with Crippen molar-refractivity contribution in [3.05, 3.63) is 0 Å². The van der Waals surface area contributed by atoms with Crippen molar-refractivity contribution in [2.24, 2.45) is 5.92 Å². The number of hydrogen-bond acceptors (Lipinski definition) is 4. The highest BCUT2D eigenvalue weighted by Crippen LogP contribution is 2.02. The first kappa shape index (κ1) is 17.8. The molecule has 0 bridgehead atoms. The maximum Gasteiger partial charge on any atom is 0.326 e. The van der Waals surface area contributed by atoms with Crippen LogP contribution in [0.4, 0.5) is 0 Å². The average molecular weight is 294 g/mol. The van der Waals surface area contributed by atoms with Crippen LogP contribution in [0.15, 0.2) is 0 Å². The summed E-state index contributed by atoms with van der Waals surface area (Å²) in [6, 6.07) is -2.04. The number of carbonyl (C=O) groups is 2. The second-order valence-electron chi connectivity index (χ2n) is 4.73. The third kappa shape index (κ3) is 6.53. The third-order valence-electron chi connectivity index (χ3n) is 2.45. The van der Waals surface area contributed by atoms with E-state index in [1.54, 1.807) is 20.8 Å². The Labute approximate surface area is 113 Å². The lowest BCUT2D eigenvalue weighted by atomic mass is 10.0. The van der Waals surface area contributed by atoms with Gasteiger partial charge >= 0.3 is 5.97 Å². The van der Waals surface area contributed by atoms with Crippen LogP contribution in [0.3, 0.4) is 0 Å². The van der Waals surface area contributed by atoms with Gasteiger partial charge in [-0.25, -0.2) is 17.9 Å². The molecule has 0 aromatic rings. The van der Waals surface area contributed by atoms with E-state index < -0.39 is 34.0 Å². The van der Waals surface area contributed by atoms with Gasteiger partial charge in [-0.3, -0.25) is 4.79 Å². The molecule has 0 aromatic carbocycles. The van der Waals surface area contributed by atoms with Gasteiger partial charge in [0.15, 0.2) is 0 Å². The molecule has 0 spiro atoms. The zero-order valence-corrected chi connectivity index (χ0v) is 12.5. The minimum atomic E-state index is -3.51. The van der Waals surface area contributed by atoms with Crippen LogP contribution in [-0.4, -0.2) is 43.2 Å². The van der Waals surface area contributed by atoms with E-state index >= 15 is 0 Å². The number of hydrogen-bond donors (Lipinski definition) is 3. The maximum absolute atomic E-state index is 11.7. The normalized spacial score (nSPS) is 15.0. The first-order chi connectivity index (χ1) is 8.60. The molecule has 19 heavy (non-hydrogen) atoms. The Kier molecular flexibility index (Phi) is 6.99. The quantitative estimate of drug-likeness (QED) is 0.580. The molecule has 8 heteroatoms. The van der Waals surface area contributed by atoms with Crippen LogP contribution in [0, 0.1) is 5.92 Å². The molecule has 0 rings (SSSR count). The topological polar surface area (TPSA) is 113 Å². The summed E-state index contributed by atoms with van der Waals surface area (Å²) in [5.41, 5.74) is 0. The molecule has 0 aliphatic carbocycles. The molecule has 0 aromatic heterocycles. The number of aliphatic carboxylic acids is 1. The van der Waals surface area contributed by atoms with E-state index in [-0.39, 0.29) is 11.7 Å². The van der Waals surface area contributed by atoms with Gasteiger partial charge < -0.3 is 10.4 Å². The first-order valence-electron chi connectivity index (χ1n) is 6.14. The van der Waals surface area contributed by atoms with Crippen molar-refractivity contribution in [3.63, 3.8) is 0 Å². The van der Waals surface area contributed by atoms with Gasteiger partial charge in [-0.05, 0) is 19.3 Å². The van der Waals surface area contributed by atoms with Crippen LogP contribution in [0.5, 0.6) is 0 Å². The number of sulfonamides is 1. The van der Waals surface area contributed by atoms with Crippen LogP contribution in [0.2, 0.25) is 0 Å². The molecule has 1 amide bonds. The highest BCUT2D eigenvalue weighted by molar-refractivity contribution is 7.89. The minimum Gasteiger partial charge on any atom is -0.480 e. The Morgan fingerprint density at radius 2 is 1.74 bits per heavy atom. The molecule has 0 saturated heterocycles. The number of carboxylic acid groups (broad SMARTS) is 1. The highest BCUT2D eigenvalue weighted by Gasteiger charge is 2.27. The van der Waals surface area contributed by atoms with E-state index in [2.05, 4.69) is 10.0 Å². The van der Waals surface area contributed by atoms with Crippen LogP contribution >= 0.6 is 0 Å². The fourth-order valence-electron chi connectivity index (χ4n) is 1.44. The summed E-state index contributed by atoms with van der Waals surface area (Å²) in [6.07, 6.45) is 0.438. The van der Waals surface area contributed by atoms with E-state index in [0.717, 1.165) is 0 Å². The molecule has 0 saturated carbocycles. The minimum absolute atomic E-state index is 0.0723. The highest BCUT2D eigenvalue weighted by atomic mass is 32.2. The molecule has 0 aliphatic heterocycles. The molecule has 0 heterocycles. The van der Waals surface area contributed by atoms with E-state index in [1.165, 1.54) is 6.92 Å². The Balaban J connectivity index is 4.62. The van der Waals surface area contributed by atoms with Crippen molar-refractivity contribution >= 4 is 21.9 Å². The second-order valence-corrected chi connectivity index (χ2v) is 6.60. The van der Waals surface area contributed by atoms with Gasteiger partial charge in [0.2, 0.25) is 15.9 Å². The van der Waals surface area contributed by atoms with Crippen molar-refractivity contribution in [1.29, 1.82) is 0 Å². The molecule has 3 N–H and O–H groups in total. The molecule has 1 unspecified atom stereocenters. The lowest BCUT2D eigenvalue weighted by Gasteiger charge is -2.21. The van der Waals surface area contributed by atoms with Gasteiger partial charge in [0.1, 0.15) is 6.04 Å². The van der Waals surface area contributed by atoms with Crippen LogP contribution in [-0.2, 0) is 19.6 Å². The van der Waals surface area contributed by atoms with E-state index in [0.29, 0.717) is 6.42 Å². The molecule has 0 fully saturated rings. The molecule has 7 nitrogen and oxygen atoms in total. The van der Waals surface area contributed by atoms with Crippen molar-refractivity contribution in [2.75, 3.05) is 5.75 Å². The number of amides is 1. The third-order valence-corrected chi connectivity index (χ3v) is 4.11. The summed E-state index contributed by atoms with van der Waals surface area (Å²) >= 11 is 0. The van der Waals surface area contributed by atoms with Crippen molar-refractivity contribution in [1.82, 2.24) is 10.0 Å². The zero-order valence-electron chi connectivity index (χ0n) is 11.6. The SMILES string of the molecule is CCCS(=O)(=O)NC(C)C(=O)N[C@@H](C(=O)O)C(C)C. The van der Waals surface area contributed by atoms with Gasteiger partial charge in [0.25, 0.3) is 0 Å². The second kappa shape index (κ2) is 7.44. The monoisotopic (exact) mass is 294 g/mol. The molecular formula is C11H22N2O5S. The predicted octanol–water partition coefficient (Wildman–Crippen LogP) is -0.0703. The Bertz CT molecular complexity index is 419. The summed E-state index contributed by atoms with van der Waals surface area (Å²) in [4.78, 5) is 22.7. The number of carboxylic acids is 1. The average Bonchev–Trinajstić information content (AvgIpc) is 2.23. The summed E-state index contributed by atoms with van der Waals surface area (Å²) in [5, 5.41) is 11.3. The predicted molar refractivity (Wildman–Crippen MR) is 71.1 cm³/mol. The van der Waals surface area contributed by atoms with Crippen LogP contribution in [0.25, 0.3) is 0 Å². The van der Waals surface area contributed by atoms with E-state index in [9.17, 15) is 18.0 Å². The van der Waals surface area contributed by atoms with Crippen LogP contribution in [0.1, 0.15) is 34.1 Å². The number of nitrogens with one attached hydrogen (secondary N) is 2. The van der Waals surface area contributed by atoms with Gasteiger partial charge in [0.05, 0.1) is 11.8 Å². The lowest BCUT2D eigenvalue weighted by Crippen LogP contribution is -2.52. The van der Waals surface area contributed by atoms with Gasteiger partial charge in [-0.2, -0.15) is 0 Å². The summed E-state index contributed by atoms with van der Waals surface area (Å²) in [5.74, 6) is -2.16. The zero-order chi connectivity index (χ0) is 15.2. The largest absolute Gasteiger partial charge is 0.480 e. The lowest BCUT2D eigenvalue weighted by molar-refractivity contribution is -0.143. The summed E-state index contributed by atoms with van der Waals surface area (Å²) in [7, 11) is -3.51. The smallest absolute Gasteiger partial charge is 0.326 e. The molecular weight excluding hydrogens is 272 g/mol. The van der Waals surface area contributed by atoms with Gasteiger partial charge in [-0.15, -0.1) is 0 Å². The van der Waals surface area contributed by atoms with Gasteiger partial charge in [-0.1, -0.05) is 20.8 Å². The summed E-state index contributed by atoms with van der Waals surface area (Å²) < 4.78 is 25.2. The fraction of sp³-hybridized carbons (Fsp3) is 0.818. The Morgan fingerprint density at radius 1 is 1.21 bits per heavy atom. The molecule has 0 aliphatic rings. The van der Waals surface area contributed by atoms with E-state index in [1.807, 2.05) is 0 Å². The van der Waals surface area contributed by atoms with Gasteiger partial charge in [0, 0.05) is 0 Å². The standard InChI is InChI=1S/C11H22N2O5S/c1-5-6-19(17,18)13-8(4)10(14)12-9(7(2)3)11(15)16/h7-9,13H,5-6H2,1-4H3,(H,12,14)(H,15,16)/t8?,9-/m1/s1. The number of rotatable bonds is 8. The molecule has 0 radical (unpaired) electrons. The van der Waals surface area contributed by atoms with Crippen LogP contribution < -0.4 is 10.0 Å². The first-order valence-corrected chi connectivity index (χ1v) is 7.79. The van der Waals surface area contributed by atoms with Crippen molar-refractivity contribution in [2.45, 2.75) is 46.2 Å². The van der Waals surface area contributed by atoms with E-state index in [4.69, 9.17) is 5.11 Å². The molecule has 112 valence electrons. The Hall–Kier alpha value is -1.15. The van der Waals surface area contributed by atoms with Crippen molar-refractivity contribution in [3.8, 4) is 0 Å². The molecule has 2 atom stereocenters. The fourth-order valence-corrected chi connectivity index (χ4v) is 2.74. The maximum atomic E-state index is 11.7. The van der Waals surface area contributed by atoms with Crippen molar-refractivity contribution < 1.29 is 23.1 Å². The Morgan fingerprint density at radius 3 is 2.11 bits per heavy atom. The summed E-state index contributed by atoms with van der Waals surface area (Å²) in [6.45, 7) is 6.40. The number of carbonyl (C=O) groups excluding carboxylic acids is 1.